The minimum absolute atomic E-state index is 0.247. The zero-order chi connectivity index (χ0) is 21.3. The van der Waals surface area contributed by atoms with Gasteiger partial charge in [-0.1, -0.05) is 29.8 Å². The molecule has 1 aromatic heterocycles. The maximum Gasteiger partial charge on any atom is 0.345 e. The van der Waals surface area contributed by atoms with E-state index in [0.29, 0.717) is 22.9 Å². The Kier molecular flexibility index (Phi) is 7.13. The van der Waals surface area contributed by atoms with Crippen molar-refractivity contribution in [2.24, 2.45) is 5.10 Å². The van der Waals surface area contributed by atoms with Gasteiger partial charge >= 0.3 is 5.97 Å². The Morgan fingerprint density at radius 3 is 2.63 bits per heavy atom. The minimum atomic E-state index is -0.592. The second-order valence-electron chi connectivity index (χ2n) is 5.92. The molecule has 8 heteroatoms. The summed E-state index contributed by atoms with van der Waals surface area (Å²) in [5, 5.41) is 4.22. The van der Waals surface area contributed by atoms with Gasteiger partial charge in [0.15, 0.2) is 11.5 Å². The van der Waals surface area contributed by atoms with Crippen LogP contribution in [0.3, 0.4) is 0 Å². The van der Waals surface area contributed by atoms with Crippen LogP contribution in [0.15, 0.2) is 72.0 Å². The van der Waals surface area contributed by atoms with Gasteiger partial charge in [-0.2, -0.15) is 5.10 Å². The number of carbonyl (C=O) groups is 2. The summed E-state index contributed by atoms with van der Waals surface area (Å²) in [5.74, 6) is -0.415. The summed E-state index contributed by atoms with van der Waals surface area (Å²) in [6, 6.07) is 16.5. The number of carbonyl (C=O) groups excluding carboxylic acids is 2. The van der Waals surface area contributed by atoms with Gasteiger partial charge in [-0.05, 0) is 55.0 Å². The van der Waals surface area contributed by atoms with E-state index >= 15 is 0 Å². The van der Waals surface area contributed by atoms with Crippen molar-refractivity contribution in [2.75, 3.05) is 6.61 Å². The highest BCUT2D eigenvalue weighted by molar-refractivity contribution is 6.33. The van der Waals surface area contributed by atoms with Crippen molar-refractivity contribution in [3.8, 4) is 11.5 Å². The number of aromatic nitrogens is 1. The normalized spacial score (nSPS) is 10.6. The Labute approximate surface area is 178 Å². The van der Waals surface area contributed by atoms with Crippen molar-refractivity contribution in [3.63, 3.8) is 0 Å². The van der Waals surface area contributed by atoms with Gasteiger partial charge in [0, 0.05) is 6.20 Å². The third-order valence-corrected chi connectivity index (χ3v) is 4.17. The smallest absolute Gasteiger partial charge is 0.345 e. The van der Waals surface area contributed by atoms with Gasteiger partial charge in [-0.25, -0.2) is 10.2 Å². The maximum atomic E-state index is 12.4. The van der Waals surface area contributed by atoms with E-state index in [-0.39, 0.29) is 17.0 Å². The summed E-state index contributed by atoms with van der Waals surface area (Å²) in [5.41, 5.74) is 3.55. The Morgan fingerprint density at radius 2 is 1.90 bits per heavy atom. The fourth-order valence-electron chi connectivity index (χ4n) is 2.46. The molecule has 0 aliphatic carbocycles. The zero-order valence-corrected chi connectivity index (χ0v) is 16.8. The second-order valence-corrected chi connectivity index (χ2v) is 6.33. The van der Waals surface area contributed by atoms with Crippen LogP contribution in [0.4, 0.5) is 0 Å². The predicted molar refractivity (Wildman–Crippen MR) is 113 cm³/mol. The van der Waals surface area contributed by atoms with Crippen LogP contribution >= 0.6 is 11.6 Å². The number of rotatable bonds is 7. The van der Waals surface area contributed by atoms with E-state index in [2.05, 4.69) is 15.5 Å². The summed E-state index contributed by atoms with van der Waals surface area (Å²) in [4.78, 5) is 28.3. The van der Waals surface area contributed by atoms with Crippen molar-refractivity contribution in [2.45, 2.75) is 6.92 Å². The number of hydrazone groups is 1. The molecule has 1 amide bonds. The molecule has 0 bridgehead atoms. The van der Waals surface area contributed by atoms with Crippen LogP contribution in [0, 0.1) is 0 Å². The molecule has 0 saturated heterocycles. The lowest BCUT2D eigenvalue weighted by molar-refractivity contribution is 0.0728. The third kappa shape index (κ3) is 5.42. The Bertz CT molecular complexity index is 1070. The summed E-state index contributed by atoms with van der Waals surface area (Å²) in [6.45, 7) is 2.18. The van der Waals surface area contributed by atoms with Crippen LogP contribution in [0.25, 0.3) is 0 Å². The first-order chi connectivity index (χ1) is 14.6. The van der Waals surface area contributed by atoms with E-state index < -0.39 is 11.9 Å². The summed E-state index contributed by atoms with van der Waals surface area (Å²) < 4.78 is 11.0. The van der Waals surface area contributed by atoms with Crippen molar-refractivity contribution in [1.82, 2.24) is 10.4 Å². The topological polar surface area (TPSA) is 89.9 Å². The Hall–Kier alpha value is -3.71. The average Bonchev–Trinajstić information content (AvgIpc) is 2.76. The van der Waals surface area contributed by atoms with Gasteiger partial charge in [0.2, 0.25) is 0 Å². The molecule has 0 spiro atoms. The molecule has 0 fully saturated rings. The molecule has 2 aromatic carbocycles. The average molecular weight is 424 g/mol. The number of halogens is 1. The van der Waals surface area contributed by atoms with Gasteiger partial charge in [-0.3, -0.25) is 9.78 Å². The molecule has 30 heavy (non-hydrogen) atoms. The molecular formula is C22H18ClN3O4. The van der Waals surface area contributed by atoms with E-state index in [1.54, 1.807) is 60.7 Å². The number of nitrogens with one attached hydrogen (secondary N) is 1. The molecule has 1 N–H and O–H groups in total. The number of ether oxygens (including phenoxy) is 2. The highest BCUT2D eigenvalue weighted by Crippen LogP contribution is 2.29. The first-order valence-corrected chi connectivity index (χ1v) is 9.44. The molecular weight excluding hydrogens is 406 g/mol. The van der Waals surface area contributed by atoms with Crippen molar-refractivity contribution >= 4 is 29.7 Å². The maximum absolute atomic E-state index is 12.4. The molecule has 1 heterocycles. The summed E-state index contributed by atoms with van der Waals surface area (Å²) in [7, 11) is 0. The minimum Gasteiger partial charge on any atom is -0.490 e. The largest absolute Gasteiger partial charge is 0.490 e. The lowest BCUT2D eigenvalue weighted by atomic mass is 10.2. The monoisotopic (exact) mass is 423 g/mol. The SMILES string of the molecule is CCOc1cc(/C=N/NC(=O)c2ccccn2)ccc1OC(=O)c1ccccc1Cl. The van der Waals surface area contributed by atoms with Crippen molar-refractivity contribution < 1.29 is 19.1 Å². The second kappa shape index (κ2) is 10.2. The lowest BCUT2D eigenvalue weighted by Crippen LogP contribution is -2.18. The van der Waals surface area contributed by atoms with Crippen LogP contribution in [-0.4, -0.2) is 29.7 Å². The molecule has 3 aromatic rings. The molecule has 0 radical (unpaired) electrons. The van der Waals surface area contributed by atoms with Gasteiger partial charge in [0.05, 0.1) is 23.4 Å². The van der Waals surface area contributed by atoms with Crippen LogP contribution in [0.2, 0.25) is 5.02 Å². The van der Waals surface area contributed by atoms with Crippen molar-refractivity contribution in [3.05, 3.63) is 88.7 Å². The number of pyridine rings is 1. The number of nitrogens with zero attached hydrogens (tertiary/aromatic N) is 2. The van der Waals surface area contributed by atoms with Crippen LogP contribution in [0.5, 0.6) is 11.5 Å². The number of hydrogen-bond donors (Lipinski definition) is 1. The quantitative estimate of drug-likeness (QED) is 0.267. The van der Waals surface area contributed by atoms with E-state index in [1.807, 2.05) is 6.92 Å². The number of esters is 1. The number of amides is 1. The van der Waals surface area contributed by atoms with Crippen LogP contribution in [-0.2, 0) is 0 Å². The highest BCUT2D eigenvalue weighted by Gasteiger charge is 2.15. The summed E-state index contributed by atoms with van der Waals surface area (Å²) in [6.07, 6.45) is 2.97. The fraction of sp³-hybridized carbons (Fsp3) is 0.0909. The molecule has 7 nitrogen and oxygen atoms in total. The van der Waals surface area contributed by atoms with Gasteiger partial charge in [0.1, 0.15) is 5.69 Å². The van der Waals surface area contributed by atoms with Gasteiger partial charge < -0.3 is 9.47 Å². The van der Waals surface area contributed by atoms with Crippen LogP contribution in [0.1, 0.15) is 33.3 Å². The lowest BCUT2D eigenvalue weighted by Gasteiger charge is -2.12. The number of benzene rings is 2. The molecule has 0 saturated carbocycles. The molecule has 0 atom stereocenters. The molecule has 0 aliphatic heterocycles. The van der Waals surface area contributed by atoms with Gasteiger partial charge in [0.25, 0.3) is 5.91 Å². The van der Waals surface area contributed by atoms with E-state index in [9.17, 15) is 9.59 Å². The Balaban J connectivity index is 1.72. The molecule has 3 rings (SSSR count). The first-order valence-electron chi connectivity index (χ1n) is 9.06. The number of hydrogen-bond acceptors (Lipinski definition) is 6. The molecule has 0 aliphatic rings. The first kappa shape index (κ1) is 21.0. The Morgan fingerprint density at radius 1 is 1.10 bits per heavy atom. The van der Waals surface area contributed by atoms with Crippen LogP contribution < -0.4 is 14.9 Å². The standard InChI is InChI=1S/C22H18ClN3O4/c1-2-29-20-13-15(14-25-26-21(27)18-9-5-6-12-24-18)10-11-19(20)30-22(28)16-7-3-4-8-17(16)23/h3-14H,2H2,1H3,(H,26,27)/b25-14+. The van der Waals surface area contributed by atoms with Crippen molar-refractivity contribution in [1.29, 1.82) is 0 Å². The summed E-state index contributed by atoms with van der Waals surface area (Å²) >= 11 is 6.05. The highest BCUT2D eigenvalue weighted by atomic mass is 35.5. The molecule has 0 unspecified atom stereocenters. The third-order valence-electron chi connectivity index (χ3n) is 3.84. The van der Waals surface area contributed by atoms with E-state index in [4.69, 9.17) is 21.1 Å². The predicted octanol–water partition coefficient (Wildman–Crippen LogP) is 4.12. The van der Waals surface area contributed by atoms with E-state index in [1.165, 1.54) is 12.4 Å². The van der Waals surface area contributed by atoms with Gasteiger partial charge in [-0.15, -0.1) is 0 Å². The van der Waals surface area contributed by atoms with E-state index in [0.717, 1.165) is 0 Å². The molecule has 152 valence electrons. The zero-order valence-electron chi connectivity index (χ0n) is 16.0. The fourth-order valence-corrected chi connectivity index (χ4v) is 2.67.